The number of esters is 1. The number of nitrogens with zero attached hydrogens (tertiary/aromatic N) is 1. The standard InChI is InChI=1S/C10H18N2O5/c1-6(13)8(9(14)17-2)12(10(15)16)7-4-3-5-11-7/h6-8,11,13H,3-5H2,1-2H3,(H,15,16)/t6-,7?,8+/m1/s1. The molecule has 1 amide bonds. The molecule has 7 nitrogen and oxygen atoms in total. The van der Waals surface area contributed by atoms with Gasteiger partial charge in [0.2, 0.25) is 0 Å². The van der Waals surface area contributed by atoms with Crippen LogP contribution in [-0.2, 0) is 9.53 Å². The summed E-state index contributed by atoms with van der Waals surface area (Å²) in [6.45, 7) is 2.06. The van der Waals surface area contributed by atoms with Crippen LogP contribution in [0.4, 0.5) is 4.79 Å². The molecule has 3 N–H and O–H groups in total. The first-order chi connectivity index (χ1) is 7.99. The molecule has 0 aromatic rings. The molecule has 1 aliphatic rings. The maximum atomic E-state index is 11.5. The van der Waals surface area contributed by atoms with Crippen molar-refractivity contribution in [2.45, 2.75) is 38.1 Å². The van der Waals surface area contributed by atoms with E-state index < -0.39 is 30.4 Å². The van der Waals surface area contributed by atoms with Gasteiger partial charge in [0.05, 0.1) is 19.4 Å². The van der Waals surface area contributed by atoms with Gasteiger partial charge in [-0.1, -0.05) is 0 Å². The Bertz CT molecular complexity index is 288. The van der Waals surface area contributed by atoms with Gasteiger partial charge in [-0.2, -0.15) is 0 Å². The fraction of sp³-hybridized carbons (Fsp3) is 0.800. The normalized spacial score (nSPS) is 22.9. The number of amides is 1. The Hall–Kier alpha value is -1.34. The van der Waals surface area contributed by atoms with E-state index in [1.54, 1.807) is 0 Å². The van der Waals surface area contributed by atoms with Gasteiger partial charge in [-0.05, 0) is 26.3 Å². The number of aliphatic hydroxyl groups excluding tert-OH is 1. The van der Waals surface area contributed by atoms with E-state index in [0.29, 0.717) is 13.0 Å². The number of carboxylic acid groups (broad SMARTS) is 1. The van der Waals surface area contributed by atoms with Crippen molar-refractivity contribution >= 4 is 12.1 Å². The zero-order valence-electron chi connectivity index (χ0n) is 9.92. The van der Waals surface area contributed by atoms with E-state index in [-0.39, 0.29) is 0 Å². The lowest BCUT2D eigenvalue weighted by molar-refractivity contribution is -0.151. The summed E-state index contributed by atoms with van der Waals surface area (Å²) >= 11 is 0. The largest absolute Gasteiger partial charge is 0.467 e. The summed E-state index contributed by atoms with van der Waals surface area (Å²) in [7, 11) is 1.17. The molecular weight excluding hydrogens is 228 g/mol. The Morgan fingerprint density at radius 2 is 2.18 bits per heavy atom. The van der Waals surface area contributed by atoms with Crippen molar-refractivity contribution in [2.75, 3.05) is 13.7 Å². The van der Waals surface area contributed by atoms with Crippen LogP contribution in [0.25, 0.3) is 0 Å². The summed E-state index contributed by atoms with van der Waals surface area (Å²) in [4.78, 5) is 23.7. The van der Waals surface area contributed by atoms with E-state index in [9.17, 15) is 14.7 Å². The zero-order chi connectivity index (χ0) is 13.0. The Kier molecular flexibility index (Phi) is 4.71. The van der Waals surface area contributed by atoms with Gasteiger partial charge in [0.15, 0.2) is 6.04 Å². The second-order valence-electron chi connectivity index (χ2n) is 4.01. The molecule has 0 bridgehead atoms. The van der Waals surface area contributed by atoms with Gasteiger partial charge in [-0.15, -0.1) is 0 Å². The molecule has 1 saturated heterocycles. The molecule has 0 aromatic carbocycles. The Morgan fingerprint density at radius 1 is 1.53 bits per heavy atom. The van der Waals surface area contributed by atoms with E-state index in [0.717, 1.165) is 11.3 Å². The first-order valence-corrected chi connectivity index (χ1v) is 5.49. The molecule has 1 fully saturated rings. The number of hydrogen-bond acceptors (Lipinski definition) is 5. The van der Waals surface area contributed by atoms with Gasteiger partial charge in [0.25, 0.3) is 0 Å². The molecule has 1 aliphatic heterocycles. The van der Waals surface area contributed by atoms with Crippen LogP contribution in [0, 0.1) is 0 Å². The van der Waals surface area contributed by atoms with Crippen molar-refractivity contribution in [1.82, 2.24) is 10.2 Å². The Labute approximate surface area is 99.4 Å². The molecule has 7 heteroatoms. The highest BCUT2D eigenvalue weighted by Crippen LogP contribution is 2.17. The fourth-order valence-corrected chi connectivity index (χ4v) is 2.01. The van der Waals surface area contributed by atoms with Crippen molar-refractivity contribution in [3.05, 3.63) is 0 Å². The van der Waals surface area contributed by atoms with Gasteiger partial charge in [0, 0.05) is 0 Å². The van der Waals surface area contributed by atoms with Crippen LogP contribution in [0.2, 0.25) is 0 Å². The molecule has 0 aliphatic carbocycles. The number of aliphatic hydroxyl groups is 1. The summed E-state index contributed by atoms with van der Waals surface area (Å²) in [5, 5.41) is 21.7. The lowest BCUT2D eigenvalue weighted by Gasteiger charge is -2.33. The van der Waals surface area contributed by atoms with Crippen LogP contribution in [0.15, 0.2) is 0 Å². The topological polar surface area (TPSA) is 99.1 Å². The average Bonchev–Trinajstić information content (AvgIpc) is 2.76. The minimum absolute atomic E-state index is 0.453. The smallest absolute Gasteiger partial charge is 0.409 e. The average molecular weight is 246 g/mol. The van der Waals surface area contributed by atoms with Crippen molar-refractivity contribution < 1.29 is 24.5 Å². The first-order valence-electron chi connectivity index (χ1n) is 5.49. The van der Waals surface area contributed by atoms with Crippen LogP contribution >= 0.6 is 0 Å². The Balaban J connectivity index is 2.92. The van der Waals surface area contributed by atoms with Crippen LogP contribution in [0.5, 0.6) is 0 Å². The molecule has 0 aromatic heterocycles. The minimum Gasteiger partial charge on any atom is -0.467 e. The predicted molar refractivity (Wildman–Crippen MR) is 58.4 cm³/mol. The third-order valence-corrected chi connectivity index (χ3v) is 2.79. The highest BCUT2D eigenvalue weighted by Gasteiger charge is 2.39. The summed E-state index contributed by atoms with van der Waals surface area (Å²) in [6.07, 6.45) is -1.37. The van der Waals surface area contributed by atoms with Gasteiger partial charge >= 0.3 is 12.1 Å². The van der Waals surface area contributed by atoms with Crippen LogP contribution < -0.4 is 5.32 Å². The van der Waals surface area contributed by atoms with Gasteiger partial charge in [0.1, 0.15) is 0 Å². The molecule has 17 heavy (non-hydrogen) atoms. The fourth-order valence-electron chi connectivity index (χ4n) is 2.01. The molecule has 0 spiro atoms. The number of hydrogen-bond donors (Lipinski definition) is 3. The van der Waals surface area contributed by atoms with Crippen molar-refractivity contribution in [3.8, 4) is 0 Å². The second-order valence-corrected chi connectivity index (χ2v) is 4.01. The SMILES string of the molecule is COC(=O)[C@H]([C@@H](C)O)N(C(=O)O)C1CCCN1. The maximum absolute atomic E-state index is 11.5. The quantitative estimate of drug-likeness (QED) is 0.584. The molecule has 0 radical (unpaired) electrons. The molecular formula is C10H18N2O5. The van der Waals surface area contributed by atoms with Crippen molar-refractivity contribution in [3.63, 3.8) is 0 Å². The lowest BCUT2D eigenvalue weighted by atomic mass is 10.1. The van der Waals surface area contributed by atoms with E-state index in [4.69, 9.17) is 5.11 Å². The molecule has 1 heterocycles. The third kappa shape index (κ3) is 3.07. The van der Waals surface area contributed by atoms with Gasteiger partial charge < -0.3 is 14.9 Å². The molecule has 3 atom stereocenters. The summed E-state index contributed by atoms with van der Waals surface area (Å²) < 4.78 is 4.53. The molecule has 1 rings (SSSR count). The van der Waals surface area contributed by atoms with E-state index in [1.807, 2.05) is 0 Å². The maximum Gasteiger partial charge on any atom is 0.409 e. The van der Waals surface area contributed by atoms with E-state index in [2.05, 4.69) is 10.1 Å². The summed E-state index contributed by atoms with van der Waals surface area (Å²) in [5.41, 5.74) is 0. The van der Waals surface area contributed by atoms with Crippen LogP contribution in [-0.4, -0.2) is 59.1 Å². The minimum atomic E-state index is -1.25. The second kappa shape index (κ2) is 5.83. The summed E-state index contributed by atoms with van der Waals surface area (Å²) in [5.74, 6) is -0.754. The Morgan fingerprint density at radius 3 is 2.53 bits per heavy atom. The monoisotopic (exact) mass is 246 g/mol. The zero-order valence-corrected chi connectivity index (χ0v) is 9.92. The van der Waals surface area contributed by atoms with Crippen molar-refractivity contribution in [1.29, 1.82) is 0 Å². The third-order valence-electron chi connectivity index (χ3n) is 2.79. The van der Waals surface area contributed by atoms with Crippen molar-refractivity contribution in [2.24, 2.45) is 0 Å². The highest BCUT2D eigenvalue weighted by molar-refractivity contribution is 5.81. The van der Waals surface area contributed by atoms with Crippen LogP contribution in [0.3, 0.4) is 0 Å². The van der Waals surface area contributed by atoms with Gasteiger partial charge in [-0.25, -0.2) is 9.59 Å². The number of nitrogens with one attached hydrogen (secondary N) is 1. The number of carbonyl (C=O) groups is 2. The number of rotatable bonds is 4. The van der Waals surface area contributed by atoms with E-state index in [1.165, 1.54) is 14.0 Å². The lowest BCUT2D eigenvalue weighted by Crippen LogP contribution is -2.57. The molecule has 1 unspecified atom stereocenters. The first kappa shape index (κ1) is 13.7. The number of methoxy groups -OCH3 is 1. The highest BCUT2D eigenvalue weighted by atomic mass is 16.5. The predicted octanol–water partition coefficient (Wildman–Crippen LogP) is -0.402. The molecule has 98 valence electrons. The van der Waals surface area contributed by atoms with Gasteiger partial charge in [-0.3, -0.25) is 10.2 Å². The molecule has 0 saturated carbocycles. The van der Waals surface area contributed by atoms with E-state index >= 15 is 0 Å². The number of ether oxygens (including phenoxy) is 1. The van der Waals surface area contributed by atoms with Crippen LogP contribution in [0.1, 0.15) is 19.8 Å². The number of carbonyl (C=O) groups excluding carboxylic acids is 1. The summed E-state index contributed by atoms with van der Waals surface area (Å²) in [6, 6.07) is -1.20.